The van der Waals surface area contributed by atoms with Crippen LogP contribution in [0.3, 0.4) is 0 Å². The molecule has 0 bridgehead atoms. The quantitative estimate of drug-likeness (QED) is 0.727. The Balaban J connectivity index is 2.08. The molecule has 26 heavy (non-hydrogen) atoms. The van der Waals surface area contributed by atoms with Gasteiger partial charge < -0.3 is 9.80 Å². The summed E-state index contributed by atoms with van der Waals surface area (Å²) < 4.78 is 23.2. The fraction of sp³-hybridized carbons (Fsp3) is 0.579. The van der Waals surface area contributed by atoms with Gasteiger partial charge in [0.1, 0.15) is 0 Å². The van der Waals surface area contributed by atoms with Gasteiger partial charge in [-0.1, -0.05) is 13.8 Å². The minimum Gasteiger partial charge on any atom is -0.339 e. The lowest BCUT2D eigenvalue weighted by atomic mass is 10.1. The largest absolute Gasteiger partial charge is 0.339 e. The van der Waals surface area contributed by atoms with Gasteiger partial charge in [0.25, 0.3) is 11.8 Å². The Kier molecular flexibility index (Phi) is 6.81. The van der Waals surface area contributed by atoms with Crippen LogP contribution in [0.25, 0.3) is 0 Å². The highest BCUT2D eigenvalue weighted by atomic mass is 32.2. The fourth-order valence-corrected chi connectivity index (χ4v) is 5.02. The number of benzene rings is 1. The lowest BCUT2D eigenvalue weighted by Crippen LogP contribution is -2.37. The monoisotopic (exact) mass is 380 g/mol. The molecule has 1 atom stereocenters. The number of rotatable bonds is 7. The topological polar surface area (TPSA) is 74.8 Å². The number of sulfone groups is 1. The Bertz CT molecular complexity index is 737. The molecule has 1 aromatic rings. The van der Waals surface area contributed by atoms with Crippen LogP contribution in [-0.4, -0.2) is 67.7 Å². The molecule has 0 saturated carbocycles. The molecule has 0 N–H and O–H groups in total. The van der Waals surface area contributed by atoms with Gasteiger partial charge >= 0.3 is 0 Å². The fourth-order valence-electron chi connectivity index (χ4n) is 3.24. The van der Waals surface area contributed by atoms with E-state index in [4.69, 9.17) is 0 Å². The molecule has 7 heteroatoms. The first-order valence-electron chi connectivity index (χ1n) is 9.16. The van der Waals surface area contributed by atoms with Crippen LogP contribution in [-0.2, 0) is 9.84 Å². The predicted molar refractivity (Wildman–Crippen MR) is 102 cm³/mol. The van der Waals surface area contributed by atoms with Crippen molar-refractivity contribution in [3.05, 3.63) is 35.4 Å². The summed E-state index contributed by atoms with van der Waals surface area (Å²) in [6, 6.07) is 6.36. The van der Waals surface area contributed by atoms with Gasteiger partial charge in [0.15, 0.2) is 9.84 Å². The van der Waals surface area contributed by atoms with Crippen LogP contribution in [0.4, 0.5) is 0 Å². The van der Waals surface area contributed by atoms with Crippen molar-refractivity contribution in [2.45, 2.75) is 39.2 Å². The smallest absolute Gasteiger partial charge is 0.253 e. The Morgan fingerprint density at radius 2 is 1.50 bits per heavy atom. The third-order valence-corrected chi connectivity index (χ3v) is 6.48. The van der Waals surface area contributed by atoms with Crippen molar-refractivity contribution in [3.63, 3.8) is 0 Å². The number of nitrogens with zero attached hydrogens (tertiary/aromatic N) is 2. The Morgan fingerprint density at radius 3 is 1.92 bits per heavy atom. The molecule has 0 spiro atoms. The van der Waals surface area contributed by atoms with Crippen molar-refractivity contribution in [1.82, 2.24) is 9.80 Å². The average Bonchev–Trinajstić information content (AvgIpc) is 2.99. The molecule has 1 aliphatic rings. The number of carbonyl (C=O) groups is 2. The maximum Gasteiger partial charge on any atom is 0.253 e. The van der Waals surface area contributed by atoms with Crippen LogP contribution in [0.2, 0.25) is 0 Å². The summed E-state index contributed by atoms with van der Waals surface area (Å²) in [5.41, 5.74) is 1.03. The average molecular weight is 381 g/mol. The molecule has 1 unspecified atom stereocenters. The summed E-state index contributed by atoms with van der Waals surface area (Å²) in [6.45, 7) is 5.51. The zero-order valence-corrected chi connectivity index (χ0v) is 16.6. The Hall–Kier alpha value is -1.89. The van der Waals surface area contributed by atoms with Crippen LogP contribution in [0.5, 0.6) is 0 Å². The van der Waals surface area contributed by atoms with Crippen molar-refractivity contribution in [2.24, 2.45) is 0 Å². The maximum absolute atomic E-state index is 12.6. The van der Waals surface area contributed by atoms with Gasteiger partial charge in [-0.05, 0) is 43.5 Å². The molecule has 0 aromatic heterocycles. The third kappa shape index (κ3) is 4.84. The normalized spacial score (nSPS) is 18.5. The van der Waals surface area contributed by atoms with Gasteiger partial charge in [0.2, 0.25) is 0 Å². The Labute approximate surface area is 156 Å². The highest BCUT2D eigenvalue weighted by Crippen LogP contribution is 2.19. The summed E-state index contributed by atoms with van der Waals surface area (Å²) in [5, 5.41) is 0. The molecule has 1 saturated heterocycles. The molecule has 1 aromatic carbocycles. The highest BCUT2D eigenvalue weighted by molar-refractivity contribution is 7.91. The summed E-state index contributed by atoms with van der Waals surface area (Å²) in [7, 11) is -1.40. The van der Waals surface area contributed by atoms with E-state index < -0.39 is 9.84 Å². The van der Waals surface area contributed by atoms with E-state index in [1.807, 2.05) is 18.7 Å². The van der Waals surface area contributed by atoms with E-state index in [2.05, 4.69) is 0 Å². The molecule has 0 radical (unpaired) electrons. The van der Waals surface area contributed by atoms with E-state index in [-0.39, 0.29) is 29.4 Å². The van der Waals surface area contributed by atoms with E-state index in [0.717, 1.165) is 12.8 Å². The minimum atomic E-state index is -3.04. The highest BCUT2D eigenvalue weighted by Gasteiger charge is 2.33. The predicted octanol–water partition coefficient (Wildman–Crippen LogP) is 2.21. The van der Waals surface area contributed by atoms with E-state index >= 15 is 0 Å². The van der Waals surface area contributed by atoms with Crippen molar-refractivity contribution >= 4 is 21.7 Å². The number of carbonyl (C=O) groups excluding carboxylic acids is 2. The molecule has 2 rings (SSSR count). The standard InChI is InChI=1S/C19H28N2O4S/c1-4-11-21(12-5-2)19(23)16-8-6-15(7-9-16)18(22)20(3)17-10-13-26(24,25)14-17/h6-9,17H,4-5,10-14H2,1-3H3. The molecule has 0 aliphatic carbocycles. The molecule has 1 fully saturated rings. The zero-order chi connectivity index (χ0) is 19.3. The lowest BCUT2D eigenvalue weighted by molar-refractivity contribution is 0.0739. The molecule has 6 nitrogen and oxygen atoms in total. The zero-order valence-electron chi connectivity index (χ0n) is 15.8. The van der Waals surface area contributed by atoms with Crippen molar-refractivity contribution in [1.29, 1.82) is 0 Å². The van der Waals surface area contributed by atoms with Crippen molar-refractivity contribution in [2.75, 3.05) is 31.6 Å². The van der Waals surface area contributed by atoms with E-state index in [9.17, 15) is 18.0 Å². The van der Waals surface area contributed by atoms with E-state index in [0.29, 0.717) is 30.6 Å². The molecule has 1 heterocycles. The second-order valence-corrected chi connectivity index (χ2v) is 9.07. The summed E-state index contributed by atoms with van der Waals surface area (Å²) in [5.74, 6) is -0.0876. The SMILES string of the molecule is CCCN(CCC)C(=O)c1ccc(C(=O)N(C)C2CCS(=O)(=O)C2)cc1. The van der Waals surface area contributed by atoms with Crippen LogP contribution < -0.4 is 0 Å². The van der Waals surface area contributed by atoms with Crippen molar-refractivity contribution in [3.8, 4) is 0 Å². The van der Waals surface area contributed by atoms with Gasteiger partial charge in [0, 0.05) is 37.3 Å². The molecule has 2 amide bonds. The number of hydrogen-bond donors (Lipinski definition) is 0. The Morgan fingerprint density at radius 1 is 1.00 bits per heavy atom. The lowest BCUT2D eigenvalue weighted by Gasteiger charge is -2.24. The summed E-state index contributed by atoms with van der Waals surface area (Å²) in [6.07, 6.45) is 2.28. The summed E-state index contributed by atoms with van der Waals surface area (Å²) in [4.78, 5) is 28.5. The van der Waals surface area contributed by atoms with Gasteiger partial charge in [-0.25, -0.2) is 8.42 Å². The van der Waals surface area contributed by atoms with Crippen LogP contribution >= 0.6 is 0 Å². The van der Waals surface area contributed by atoms with Gasteiger partial charge in [0.05, 0.1) is 11.5 Å². The van der Waals surface area contributed by atoms with Crippen LogP contribution in [0, 0.1) is 0 Å². The van der Waals surface area contributed by atoms with Crippen molar-refractivity contribution < 1.29 is 18.0 Å². The van der Waals surface area contributed by atoms with Gasteiger partial charge in [-0.15, -0.1) is 0 Å². The summed E-state index contributed by atoms with van der Waals surface area (Å²) >= 11 is 0. The second kappa shape index (κ2) is 8.66. The first-order chi connectivity index (χ1) is 12.3. The number of amides is 2. The minimum absolute atomic E-state index is 0.0226. The van der Waals surface area contributed by atoms with Gasteiger partial charge in [-0.2, -0.15) is 0 Å². The second-order valence-electron chi connectivity index (χ2n) is 6.84. The number of hydrogen-bond acceptors (Lipinski definition) is 4. The van der Waals surface area contributed by atoms with E-state index in [1.165, 1.54) is 4.90 Å². The molecule has 1 aliphatic heterocycles. The van der Waals surface area contributed by atoms with Crippen LogP contribution in [0.1, 0.15) is 53.8 Å². The van der Waals surface area contributed by atoms with E-state index in [1.54, 1.807) is 31.3 Å². The van der Waals surface area contributed by atoms with Gasteiger partial charge in [-0.3, -0.25) is 9.59 Å². The molecular weight excluding hydrogens is 352 g/mol. The first-order valence-corrected chi connectivity index (χ1v) is 11.0. The molecular formula is C19H28N2O4S. The first kappa shape index (κ1) is 20.4. The maximum atomic E-state index is 12.6. The molecule has 144 valence electrons. The third-order valence-electron chi connectivity index (χ3n) is 4.73. The van der Waals surface area contributed by atoms with Crippen LogP contribution in [0.15, 0.2) is 24.3 Å².